The molecule has 0 fully saturated rings. The van der Waals surface area contributed by atoms with Crippen LogP contribution in [0.25, 0.3) is 11.6 Å². The molecule has 2 rings (SSSR count). The lowest BCUT2D eigenvalue weighted by molar-refractivity contribution is -0.144. The van der Waals surface area contributed by atoms with Crippen LogP contribution in [0.1, 0.15) is 19.2 Å². The zero-order chi connectivity index (χ0) is 15.1. The number of aromatic nitrogens is 2. The third-order valence-electron chi connectivity index (χ3n) is 2.60. The highest BCUT2D eigenvalue weighted by Crippen LogP contribution is 2.18. The van der Waals surface area contributed by atoms with Crippen molar-refractivity contribution in [3.63, 3.8) is 0 Å². The van der Waals surface area contributed by atoms with Gasteiger partial charge in [-0.3, -0.25) is 4.79 Å². The van der Waals surface area contributed by atoms with Gasteiger partial charge in [-0.2, -0.15) is 16.7 Å². The molecular weight excluding hydrogens is 294 g/mol. The quantitative estimate of drug-likeness (QED) is 0.581. The van der Waals surface area contributed by atoms with Crippen molar-refractivity contribution in [1.29, 1.82) is 0 Å². The van der Waals surface area contributed by atoms with Crippen LogP contribution >= 0.6 is 11.8 Å². The molecule has 0 saturated carbocycles. The molecule has 2 aromatic rings. The molecule has 0 bridgehead atoms. The molecule has 0 aliphatic carbocycles. The molecule has 0 amide bonds. The maximum atomic E-state index is 11.3. The predicted octanol–water partition coefficient (Wildman–Crippen LogP) is 1.84. The van der Waals surface area contributed by atoms with E-state index in [0.29, 0.717) is 42.0 Å². The molecule has 8 heteroatoms. The van der Waals surface area contributed by atoms with Gasteiger partial charge in [0.25, 0.3) is 0 Å². The first-order chi connectivity index (χ1) is 10.2. The van der Waals surface area contributed by atoms with Crippen molar-refractivity contribution in [1.82, 2.24) is 10.1 Å². The lowest BCUT2D eigenvalue weighted by atomic mass is 10.2. The first kappa shape index (κ1) is 15.6. The number of hydrogen-bond acceptors (Lipinski definition) is 8. The third kappa shape index (κ3) is 4.61. The van der Waals surface area contributed by atoms with Gasteiger partial charge in [-0.25, -0.2) is 0 Å². The molecule has 2 aromatic heterocycles. The van der Waals surface area contributed by atoms with E-state index in [9.17, 15) is 4.79 Å². The molecule has 7 nitrogen and oxygen atoms in total. The molecule has 1 unspecified atom stereocenters. The van der Waals surface area contributed by atoms with Gasteiger partial charge in [-0.05, 0) is 31.2 Å². The van der Waals surface area contributed by atoms with Crippen molar-refractivity contribution in [3.8, 4) is 11.6 Å². The van der Waals surface area contributed by atoms with E-state index in [0.717, 1.165) is 0 Å². The van der Waals surface area contributed by atoms with Crippen molar-refractivity contribution in [2.75, 3.05) is 12.4 Å². The van der Waals surface area contributed by atoms with Gasteiger partial charge in [0.1, 0.15) is 6.04 Å². The Bertz CT molecular complexity index is 556. The second-order valence-corrected chi connectivity index (χ2v) is 5.29. The number of furan rings is 1. The van der Waals surface area contributed by atoms with Crippen molar-refractivity contribution < 1.29 is 18.5 Å². The summed E-state index contributed by atoms with van der Waals surface area (Å²) in [6.07, 6.45) is 2.10. The Balaban J connectivity index is 1.71. The molecule has 2 N–H and O–H groups in total. The van der Waals surface area contributed by atoms with Crippen molar-refractivity contribution in [2.24, 2.45) is 5.73 Å². The number of nitrogens with two attached hydrogens (primary N) is 1. The van der Waals surface area contributed by atoms with E-state index in [1.165, 1.54) is 0 Å². The Kier molecular flexibility index (Phi) is 5.82. The Morgan fingerprint density at radius 1 is 1.57 bits per heavy atom. The molecular formula is C13H17N3O4S. The Morgan fingerprint density at radius 3 is 3.14 bits per heavy atom. The smallest absolute Gasteiger partial charge is 0.322 e. The van der Waals surface area contributed by atoms with Gasteiger partial charge in [0.05, 0.1) is 18.6 Å². The normalized spacial score (nSPS) is 12.3. The molecule has 0 aliphatic rings. The van der Waals surface area contributed by atoms with E-state index < -0.39 is 6.04 Å². The number of carbonyl (C=O) groups excluding carboxylic acids is 1. The second-order valence-electron chi connectivity index (χ2n) is 4.19. The van der Waals surface area contributed by atoms with Crippen LogP contribution in [-0.2, 0) is 15.3 Å². The summed E-state index contributed by atoms with van der Waals surface area (Å²) in [6, 6.07) is 2.94. The number of esters is 1. The Labute approximate surface area is 126 Å². The fourth-order valence-corrected chi connectivity index (χ4v) is 2.41. The van der Waals surface area contributed by atoms with Gasteiger partial charge in [0.15, 0.2) is 5.76 Å². The van der Waals surface area contributed by atoms with Crippen LogP contribution in [0.15, 0.2) is 27.3 Å². The van der Waals surface area contributed by atoms with E-state index in [4.69, 9.17) is 19.4 Å². The van der Waals surface area contributed by atoms with E-state index in [1.807, 2.05) is 0 Å². The average molecular weight is 311 g/mol. The summed E-state index contributed by atoms with van der Waals surface area (Å²) < 4.78 is 15.1. The first-order valence-corrected chi connectivity index (χ1v) is 7.72. The summed E-state index contributed by atoms with van der Waals surface area (Å²) in [6.45, 7) is 2.10. The van der Waals surface area contributed by atoms with Crippen molar-refractivity contribution >= 4 is 17.7 Å². The van der Waals surface area contributed by atoms with Gasteiger partial charge in [-0.15, -0.1) is 0 Å². The largest absolute Gasteiger partial charge is 0.465 e. The van der Waals surface area contributed by atoms with Crippen LogP contribution in [-0.4, -0.2) is 34.5 Å². The number of nitrogens with zero attached hydrogens (tertiary/aromatic N) is 2. The summed E-state index contributed by atoms with van der Waals surface area (Å²) in [5.41, 5.74) is 5.70. The van der Waals surface area contributed by atoms with E-state index in [2.05, 4.69) is 10.1 Å². The minimum absolute atomic E-state index is 0.344. The summed E-state index contributed by atoms with van der Waals surface area (Å²) in [5.74, 6) is 2.41. The number of ether oxygens (including phenoxy) is 1. The van der Waals surface area contributed by atoms with Crippen molar-refractivity contribution in [2.45, 2.75) is 25.1 Å². The van der Waals surface area contributed by atoms with Crippen LogP contribution in [0.4, 0.5) is 0 Å². The molecule has 0 aliphatic heterocycles. The molecule has 0 radical (unpaired) electrons. The number of hydrogen-bond donors (Lipinski definition) is 1. The predicted molar refractivity (Wildman–Crippen MR) is 77.4 cm³/mol. The third-order valence-corrected chi connectivity index (χ3v) is 3.57. The van der Waals surface area contributed by atoms with Gasteiger partial charge < -0.3 is 19.4 Å². The number of carbonyl (C=O) groups is 1. The van der Waals surface area contributed by atoms with E-state index in [1.54, 1.807) is 37.1 Å². The highest BCUT2D eigenvalue weighted by molar-refractivity contribution is 7.98. The van der Waals surface area contributed by atoms with Crippen LogP contribution in [0, 0.1) is 0 Å². The molecule has 0 aromatic carbocycles. The fourth-order valence-electron chi connectivity index (χ4n) is 1.56. The van der Waals surface area contributed by atoms with Gasteiger partial charge in [-0.1, -0.05) is 5.16 Å². The fraction of sp³-hybridized carbons (Fsp3) is 0.462. The van der Waals surface area contributed by atoms with E-state index in [-0.39, 0.29) is 5.97 Å². The second kappa shape index (κ2) is 7.84. The summed E-state index contributed by atoms with van der Waals surface area (Å²) in [7, 11) is 0. The summed E-state index contributed by atoms with van der Waals surface area (Å²) in [5, 5.41) is 3.83. The SMILES string of the molecule is CCOC(=O)C(N)CCSCc1nc(-c2ccco2)no1. The molecule has 21 heavy (non-hydrogen) atoms. The standard InChI is InChI=1S/C13H17N3O4S/c1-2-18-13(17)9(14)5-7-21-8-11-15-12(16-20-11)10-4-3-6-19-10/h3-4,6,9H,2,5,7-8,14H2,1H3. The van der Waals surface area contributed by atoms with Crippen LogP contribution < -0.4 is 5.73 Å². The molecule has 114 valence electrons. The topological polar surface area (TPSA) is 104 Å². The number of thioether (sulfide) groups is 1. The molecule has 1 atom stereocenters. The maximum absolute atomic E-state index is 11.3. The average Bonchev–Trinajstić information content (AvgIpc) is 3.14. The van der Waals surface area contributed by atoms with Gasteiger partial charge in [0.2, 0.25) is 11.7 Å². The first-order valence-electron chi connectivity index (χ1n) is 6.57. The molecule has 0 spiro atoms. The van der Waals surface area contributed by atoms with Crippen LogP contribution in [0.3, 0.4) is 0 Å². The monoisotopic (exact) mass is 311 g/mol. The minimum atomic E-state index is -0.584. The molecule has 2 heterocycles. The zero-order valence-corrected chi connectivity index (χ0v) is 12.5. The lowest BCUT2D eigenvalue weighted by Crippen LogP contribution is -2.32. The van der Waals surface area contributed by atoms with Crippen LogP contribution in [0.5, 0.6) is 0 Å². The number of rotatable bonds is 8. The summed E-state index contributed by atoms with van der Waals surface area (Å²) in [4.78, 5) is 15.6. The minimum Gasteiger partial charge on any atom is -0.465 e. The van der Waals surface area contributed by atoms with Crippen molar-refractivity contribution in [3.05, 3.63) is 24.3 Å². The van der Waals surface area contributed by atoms with Crippen LogP contribution in [0.2, 0.25) is 0 Å². The maximum Gasteiger partial charge on any atom is 0.322 e. The van der Waals surface area contributed by atoms with Gasteiger partial charge >= 0.3 is 5.97 Å². The zero-order valence-electron chi connectivity index (χ0n) is 11.7. The highest BCUT2D eigenvalue weighted by atomic mass is 32.2. The molecule has 0 saturated heterocycles. The summed E-state index contributed by atoms with van der Waals surface area (Å²) >= 11 is 1.57. The Morgan fingerprint density at radius 2 is 2.43 bits per heavy atom. The Hall–Kier alpha value is -1.80. The van der Waals surface area contributed by atoms with E-state index >= 15 is 0 Å². The highest BCUT2D eigenvalue weighted by Gasteiger charge is 2.15. The van der Waals surface area contributed by atoms with Gasteiger partial charge in [0, 0.05) is 0 Å². The lowest BCUT2D eigenvalue weighted by Gasteiger charge is -2.09.